The van der Waals surface area contributed by atoms with Gasteiger partial charge >= 0.3 is 6.03 Å². The van der Waals surface area contributed by atoms with E-state index in [4.69, 9.17) is 10.5 Å². The Bertz CT molecular complexity index is 862. The van der Waals surface area contributed by atoms with Gasteiger partial charge in [-0.25, -0.2) is 9.18 Å². The molecule has 3 heterocycles. The summed E-state index contributed by atoms with van der Waals surface area (Å²) in [7, 11) is 0. The highest BCUT2D eigenvalue weighted by atomic mass is 19.1. The van der Waals surface area contributed by atoms with Gasteiger partial charge in [0, 0.05) is 26.2 Å². The van der Waals surface area contributed by atoms with Crippen LogP contribution in [-0.2, 0) is 4.74 Å². The molecule has 1 aromatic carbocycles. The maximum Gasteiger partial charge on any atom is 0.321 e. The lowest BCUT2D eigenvalue weighted by Gasteiger charge is -2.35. The quantitative estimate of drug-likeness (QED) is 0.730. The largest absolute Gasteiger partial charge is 0.397 e. The third-order valence-corrected chi connectivity index (χ3v) is 6.36. The number of nitrogens with zero attached hydrogens (tertiary/aromatic N) is 2. The minimum Gasteiger partial charge on any atom is -0.397 e. The first-order valence-corrected chi connectivity index (χ1v) is 10.4. The van der Waals surface area contributed by atoms with Gasteiger partial charge < -0.3 is 20.7 Å². The Morgan fingerprint density at radius 3 is 2.37 bits per heavy atom. The van der Waals surface area contributed by atoms with E-state index in [1.807, 2.05) is 17.9 Å². The zero-order chi connectivity index (χ0) is 21.3. The number of carbonyl (C=O) groups is 1. The smallest absolute Gasteiger partial charge is 0.321 e. The number of amides is 2. The molecule has 3 aliphatic heterocycles. The van der Waals surface area contributed by atoms with Crippen molar-refractivity contribution in [3.63, 3.8) is 0 Å². The molecule has 0 aromatic heterocycles. The summed E-state index contributed by atoms with van der Waals surface area (Å²) < 4.78 is 18.4. The monoisotopic (exact) mass is 412 g/mol. The van der Waals surface area contributed by atoms with Gasteiger partial charge in [-0.2, -0.15) is 0 Å². The summed E-state index contributed by atoms with van der Waals surface area (Å²) in [5.74, 6) is 0.783. The van der Waals surface area contributed by atoms with Gasteiger partial charge in [-0.3, -0.25) is 4.90 Å². The first-order valence-electron chi connectivity index (χ1n) is 10.4. The predicted molar refractivity (Wildman–Crippen MR) is 115 cm³/mol. The molecule has 3 N–H and O–H groups in total. The van der Waals surface area contributed by atoms with Gasteiger partial charge in [0.05, 0.1) is 30.6 Å². The molecule has 0 aliphatic carbocycles. The number of nitrogens with one attached hydrogen (secondary N) is 1. The van der Waals surface area contributed by atoms with Gasteiger partial charge in [0.15, 0.2) is 0 Å². The van der Waals surface area contributed by atoms with Crippen LogP contribution in [0.25, 0.3) is 5.57 Å². The van der Waals surface area contributed by atoms with Crippen molar-refractivity contribution in [1.29, 1.82) is 0 Å². The van der Waals surface area contributed by atoms with Crippen molar-refractivity contribution in [2.75, 3.05) is 39.4 Å². The Kier molecular flexibility index (Phi) is 5.92. The molecule has 4 rings (SSSR count). The number of halogens is 1. The molecular weight excluding hydrogens is 383 g/mol. The molecule has 2 unspecified atom stereocenters. The number of likely N-dealkylation sites (tertiary alicyclic amines) is 2. The van der Waals surface area contributed by atoms with Crippen LogP contribution in [0.15, 0.2) is 54.4 Å². The first-order chi connectivity index (χ1) is 14.4. The first kappa shape index (κ1) is 20.6. The average Bonchev–Trinajstić information content (AvgIpc) is 3.24. The standard InChI is InChI=1S/C23H29FN4O2/c1-15(17-4-6-20(24)7-5-17)3-8-22(25)16(2)26-23(29)28-11-18-9-27(10-19(18)12-28)21-13-30-14-21/h3-8,18-19,21H,2,9-14,25H2,1H3,(H,26,29)/b15-3+,22-8+. The maximum absolute atomic E-state index is 13.1. The molecule has 6 nitrogen and oxygen atoms in total. The van der Waals surface area contributed by atoms with E-state index in [9.17, 15) is 9.18 Å². The number of ether oxygens (including phenoxy) is 1. The molecular formula is C23H29FN4O2. The van der Waals surface area contributed by atoms with E-state index in [0.29, 0.717) is 29.3 Å². The predicted octanol–water partition coefficient (Wildman–Crippen LogP) is 2.56. The van der Waals surface area contributed by atoms with E-state index < -0.39 is 0 Å². The minimum atomic E-state index is -0.270. The van der Waals surface area contributed by atoms with Crippen molar-refractivity contribution in [3.05, 3.63) is 65.8 Å². The summed E-state index contributed by atoms with van der Waals surface area (Å²) in [4.78, 5) is 17.0. The number of nitrogens with two attached hydrogens (primary N) is 1. The molecule has 7 heteroatoms. The number of hydrogen-bond acceptors (Lipinski definition) is 4. The lowest BCUT2D eigenvalue weighted by molar-refractivity contribution is -0.0597. The second-order valence-corrected chi connectivity index (χ2v) is 8.46. The fourth-order valence-electron chi connectivity index (χ4n) is 4.33. The Labute approximate surface area is 176 Å². The minimum absolute atomic E-state index is 0.150. The fourth-order valence-corrected chi connectivity index (χ4v) is 4.33. The van der Waals surface area contributed by atoms with Crippen LogP contribution in [0.2, 0.25) is 0 Å². The number of rotatable bonds is 5. The molecule has 1 aromatic rings. The molecule has 2 atom stereocenters. The summed E-state index contributed by atoms with van der Waals surface area (Å²) in [5.41, 5.74) is 8.70. The molecule has 30 heavy (non-hydrogen) atoms. The van der Waals surface area contributed by atoms with Crippen molar-refractivity contribution < 1.29 is 13.9 Å². The molecule has 2 amide bonds. The third kappa shape index (κ3) is 4.42. The van der Waals surface area contributed by atoms with Crippen LogP contribution in [0, 0.1) is 17.7 Å². The van der Waals surface area contributed by atoms with Crippen molar-refractivity contribution in [1.82, 2.24) is 15.1 Å². The highest BCUT2D eigenvalue weighted by molar-refractivity contribution is 5.77. The highest BCUT2D eigenvalue weighted by Gasteiger charge is 2.44. The number of carbonyl (C=O) groups excluding carboxylic acids is 1. The van der Waals surface area contributed by atoms with Gasteiger partial charge in [0.25, 0.3) is 0 Å². The lowest BCUT2D eigenvalue weighted by atomic mass is 10.0. The average molecular weight is 413 g/mol. The maximum atomic E-state index is 13.1. The Morgan fingerprint density at radius 1 is 1.17 bits per heavy atom. The van der Waals surface area contributed by atoms with Gasteiger partial charge in [-0.1, -0.05) is 24.8 Å². The Hall–Kier alpha value is -2.64. The van der Waals surface area contributed by atoms with Gasteiger partial charge in [0.1, 0.15) is 5.82 Å². The molecule has 0 spiro atoms. The van der Waals surface area contributed by atoms with Crippen LogP contribution in [0.1, 0.15) is 12.5 Å². The normalized spacial score (nSPS) is 25.2. The summed E-state index contributed by atoms with van der Waals surface area (Å²) >= 11 is 0. The van der Waals surface area contributed by atoms with Crippen LogP contribution in [0.5, 0.6) is 0 Å². The van der Waals surface area contributed by atoms with E-state index in [2.05, 4.69) is 16.8 Å². The number of allylic oxidation sites excluding steroid dienone is 3. The zero-order valence-corrected chi connectivity index (χ0v) is 17.3. The molecule has 3 fully saturated rings. The molecule has 0 radical (unpaired) electrons. The summed E-state index contributed by atoms with van der Waals surface area (Å²) in [6, 6.07) is 6.68. The molecule has 3 aliphatic rings. The molecule has 160 valence electrons. The van der Waals surface area contributed by atoms with Crippen molar-refractivity contribution in [2.24, 2.45) is 17.6 Å². The van der Waals surface area contributed by atoms with Gasteiger partial charge in [0.2, 0.25) is 0 Å². The van der Waals surface area contributed by atoms with E-state index in [1.165, 1.54) is 12.1 Å². The van der Waals surface area contributed by atoms with Gasteiger partial charge in [-0.05, 0) is 48.1 Å². The van der Waals surface area contributed by atoms with Crippen LogP contribution in [0.4, 0.5) is 9.18 Å². The molecule has 0 saturated carbocycles. The zero-order valence-electron chi connectivity index (χ0n) is 17.3. The summed E-state index contributed by atoms with van der Waals surface area (Å²) in [6.07, 6.45) is 3.54. The number of benzene rings is 1. The number of hydrogen-bond donors (Lipinski definition) is 2. The number of urea groups is 1. The number of fused-ring (bicyclic) bond motifs is 1. The van der Waals surface area contributed by atoms with Gasteiger partial charge in [-0.15, -0.1) is 0 Å². The van der Waals surface area contributed by atoms with E-state index in [1.54, 1.807) is 18.2 Å². The summed E-state index contributed by atoms with van der Waals surface area (Å²) in [6.45, 7) is 11.1. The van der Waals surface area contributed by atoms with Crippen LogP contribution in [-0.4, -0.2) is 61.3 Å². The molecule has 0 bridgehead atoms. The summed E-state index contributed by atoms with van der Waals surface area (Å²) in [5, 5.41) is 2.82. The fraction of sp³-hybridized carbons (Fsp3) is 0.435. The third-order valence-electron chi connectivity index (χ3n) is 6.36. The second kappa shape index (κ2) is 8.62. The van der Waals surface area contributed by atoms with Crippen LogP contribution >= 0.6 is 0 Å². The van der Waals surface area contributed by atoms with E-state index >= 15 is 0 Å². The van der Waals surface area contributed by atoms with E-state index in [-0.39, 0.29) is 11.8 Å². The van der Waals surface area contributed by atoms with Crippen molar-refractivity contribution >= 4 is 11.6 Å². The topological polar surface area (TPSA) is 70.8 Å². The highest BCUT2D eigenvalue weighted by Crippen LogP contribution is 2.33. The van der Waals surface area contributed by atoms with Crippen LogP contribution < -0.4 is 11.1 Å². The Morgan fingerprint density at radius 2 is 1.80 bits per heavy atom. The SMILES string of the molecule is C=C(NC(=O)N1CC2CN(C3COC3)CC2C1)/C(N)=C\C=C(/C)c1ccc(F)cc1. The lowest BCUT2D eigenvalue weighted by Crippen LogP contribution is -2.49. The molecule has 3 saturated heterocycles. The van der Waals surface area contributed by atoms with E-state index in [0.717, 1.165) is 50.5 Å². The Balaban J connectivity index is 1.28. The second-order valence-electron chi connectivity index (χ2n) is 8.46. The van der Waals surface area contributed by atoms with Crippen LogP contribution in [0.3, 0.4) is 0 Å². The van der Waals surface area contributed by atoms with Crippen molar-refractivity contribution in [3.8, 4) is 0 Å². The van der Waals surface area contributed by atoms with Crippen molar-refractivity contribution in [2.45, 2.75) is 13.0 Å².